The minimum atomic E-state index is -0.494. The van der Waals surface area contributed by atoms with Crippen LogP contribution < -0.4 is 16.0 Å². The number of carbonyl (C=O) groups excluding carboxylic acids is 1. The molecule has 164 valence electrons. The zero-order chi connectivity index (χ0) is 22.0. The summed E-state index contributed by atoms with van der Waals surface area (Å²) in [6.07, 6.45) is 2.05. The van der Waals surface area contributed by atoms with Gasteiger partial charge in [0.2, 0.25) is 5.89 Å². The number of amides is 1. The number of ether oxygens (including phenoxy) is 1. The number of aryl methyl sites for hydroxylation is 1. The number of aromatic nitrogens is 1. The number of rotatable bonds is 8. The molecule has 0 bridgehead atoms. The number of hydrogen-bond donors (Lipinski definition) is 3. The van der Waals surface area contributed by atoms with Gasteiger partial charge in [-0.25, -0.2) is 14.8 Å². The van der Waals surface area contributed by atoms with Crippen LogP contribution in [0.5, 0.6) is 0 Å². The Bertz CT molecular complexity index is 822. The summed E-state index contributed by atoms with van der Waals surface area (Å²) in [5.41, 5.74) is 1.70. The predicted molar refractivity (Wildman–Crippen MR) is 118 cm³/mol. The number of carbonyl (C=O) groups is 1. The lowest BCUT2D eigenvalue weighted by Gasteiger charge is -2.19. The average Bonchev–Trinajstić information content (AvgIpc) is 3.14. The van der Waals surface area contributed by atoms with Crippen molar-refractivity contribution in [3.63, 3.8) is 0 Å². The van der Waals surface area contributed by atoms with E-state index < -0.39 is 11.7 Å². The minimum absolute atomic E-state index is 0.331. The highest BCUT2D eigenvalue weighted by molar-refractivity contribution is 5.79. The van der Waals surface area contributed by atoms with Crippen LogP contribution in [-0.4, -0.2) is 42.3 Å². The lowest BCUT2D eigenvalue weighted by molar-refractivity contribution is 0.0527. The summed E-state index contributed by atoms with van der Waals surface area (Å²) >= 11 is 0. The minimum Gasteiger partial charge on any atom is -0.444 e. The second-order valence-corrected chi connectivity index (χ2v) is 7.89. The largest absolute Gasteiger partial charge is 0.444 e. The number of alkyl carbamates (subject to hydrolysis) is 1. The molecule has 0 atom stereocenters. The number of benzene rings is 1. The molecule has 0 saturated carbocycles. The molecule has 1 amide bonds. The van der Waals surface area contributed by atoms with Crippen molar-refractivity contribution in [2.45, 2.75) is 53.2 Å². The van der Waals surface area contributed by atoms with Crippen LogP contribution in [0.1, 0.15) is 45.6 Å². The van der Waals surface area contributed by atoms with E-state index in [4.69, 9.17) is 9.15 Å². The Morgan fingerprint density at radius 2 is 1.83 bits per heavy atom. The summed E-state index contributed by atoms with van der Waals surface area (Å²) < 4.78 is 11.0. The highest BCUT2D eigenvalue weighted by atomic mass is 16.6. The van der Waals surface area contributed by atoms with Crippen molar-refractivity contribution >= 4 is 12.1 Å². The fraction of sp³-hybridized carbons (Fsp3) is 0.500. The molecule has 2 rings (SSSR count). The van der Waals surface area contributed by atoms with E-state index in [2.05, 4.69) is 25.9 Å². The number of oxazole rings is 1. The topological polar surface area (TPSA) is 101 Å². The van der Waals surface area contributed by atoms with Crippen molar-refractivity contribution in [3.05, 3.63) is 41.9 Å². The smallest absolute Gasteiger partial charge is 0.407 e. The lowest BCUT2D eigenvalue weighted by atomic mass is 10.1. The van der Waals surface area contributed by atoms with E-state index in [0.717, 1.165) is 24.3 Å². The number of hydrogen-bond acceptors (Lipinski definition) is 5. The van der Waals surface area contributed by atoms with Gasteiger partial charge in [0, 0.05) is 25.2 Å². The maximum absolute atomic E-state index is 11.6. The van der Waals surface area contributed by atoms with Gasteiger partial charge in [0.1, 0.15) is 12.1 Å². The molecule has 0 aliphatic heterocycles. The lowest BCUT2D eigenvalue weighted by Crippen LogP contribution is -2.39. The summed E-state index contributed by atoms with van der Waals surface area (Å²) in [5.74, 6) is 1.95. The van der Waals surface area contributed by atoms with Crippen LogP contribution in [0.2, 0.25) is 0 Å². The molecular weight excluding hydrogens is 382 g/mol. The SMILES string of the molecule is CCNC(=NCc1ncc(-c2ccc(C)cc2)o1)NCCCNC(=O)OC(C)(C)C. The Kier molecular flexibility index (Phi) is 8.70. The van der Waals surface area contributed by atoms with Crippen molar-refractivity contribution < 1.29 is 13.9 Å². The zero-order valence-electron chi connectivity index (χ0n) is 18.5. The van der Waals surface area contributed by atoms with Crippen molar-refractivity contribution in [1.82, 2.24) is 20.9 Å². The van der Waals surface area contributed by atoms with Gasteiger partial charge >= 0.3 is 6.09 Å². The first-order valence-corrected chi connectivity index (χ1v) is 10.3. The van der Waals surface area contributed by atoms with Crippen LogP contribution in [0, 0.1) is 6.92 Å². The molecule has 2 aromatic rings. The molecule has 1 heterocycles. The van der Waals surface area contributed by atoms with E-state index >= 15 is 0 Å². The molecule has 30 heavy (non-hydrogen) atoms. The first-order valence-electron chi connectivity index (χ1n) is 10.3. The second kappa shape index (κ2) is 11.2. The molecular formula is C22H33N5O3. The van der Waals surface area contributed by atoms with Crippen LogP contribution in [0.25, 0.3) is 11.3 Å². The Morgan fingerprint density at radius 3 is 2.50 bits per heavy atom. The van der Waals surface area contributed by atoms with Crippen LogP contribution >= 0.6 is 0 Å². The summed E-state index contributed by atoms with van der Waals surface area (Å²) in [7, 11) is 0. The number of aliphatic imine (C=N–C) groups is 1. The maximum atomic E-state index is 11.6. The van der Waals surface area contributed by atoms with Gasteiger partial charge in [0.05, 0.1) is 6.20 Å². The van der Waals surface area contributed by atoms with Gasteiger partial charge < -0.3 is 25.1 Å². The maximum Gasteiger partial charge on any atom is 0.407 e. The van der Waals surface area contributed by atoms with E-state index in [1.807, 2.05) is 58.9 Å². The van der Waals surface area contributed by atoms with Gasteiger partial charge in [0.15, 0.2) is 11.7 Å². The standard InChI is InChI=1S/C22H33N5O3/c1-6-23-20(24-12-7-13-25-21(28)30-22(3,4)5)27-15-19-26-14-18(29-19)17-10-8-16(2)9-11-17/h8-11,14H,6-7,12-13,15H2,1-5H3,(H,25,28)(H2,23,24,27). The molecule has 0 aliphatic rings. The van der Waals surface area contributed by atoms with E-state index in [1.54, 1.807) is 6.20 Å². The van der Waals surface area contributed by atoms with Crippen LogP contribution in [0.4, 0.5) is 4.79 Å². The quantitative estimate of drug-likeness (QED) is 0.346. The third-order valence-corrected chi connectivity index (χ3v) is 3.92. The molecule has 8 nitrogen and oxygen atoms in total. The van der Waals surface area contributed by atoms with E-state index in [9.17, 15) is 4.79 Å². The average molecular weight is 416 g/mol. The Balaban J connectivity index is 1.79. The number of guanidine groups is 1. The fourth-order valence-electron chi connectivity index (χ4n) is 2.52. The Hall–Kier alpha value is -3.03. The van der Waals surface area contributed by atoms with E-state index in [0.29, 0.717) is 31.5 Å². The van der Waals surface area contributed by atoms with Crippen LogP contribution in [0.3, 0.4) is 0 Å². The van der Waals surface area contributed by atoms with Gasteiger partial charge in [0.25, 0.3) is 0 Å². The Labute approximate surface area is 178 Å². The van der Waals surface area contributed by atoms with Crippen molar-refractivity contribution in [3.8, 4) is 11.3 Å². The normalized spacial score (nSPS) is 11.8. The zero-order valence-corrected chi connectivity index (χ0v) is 18.5. The number of nitrogens with one attached hydrogen (secondary N) is 3. The van der Waals surface area contributed by atoms with E-state index in [1.165, 1.54) is 5.56 Å². The Morgan fingerprint density at radius 1 is 1.13 bits per heavy atom. The molecule has 1 aromatic carbocycles. The molecule has 1 aromatic heterocycles. The fourth-order valence-corrected chi connectivity index (χ4v) is 2.52. The van der Waals surface area contributed by atoms with Crippen LogP contribution in [-0.2, 0) is 11.3 Å². The summed E-state index contributed by atoms with van der Waals surface area (Å²) in [5, 5.41) is 9.16. The van der Waals surface area contributed by atoms with Crippen molar-refractivity contribution in [2.24, 2.45) is 4.99 Å². The molecule has 0 fully saturated rings. The van der Waals surface area contributed by atoms with Gasteiger partial charge in [-0.2, -0.15) is 0 Å². The monoisotopic (exact) mass is 415 g/mol. The molecule has 8 heteroatoms. The summed E-state index contributed by atoms with van der Waals surface area (Å²) in [4.78, 5) is 20.5. The van der Waals surface area contributed by atoms with Gasteiger partial charge in [-0.3, -0.25) is 0 Å². The predicted octanol–water partition coefficient (Wildman–Crippen LogP) is 3.62. The van der Waals surface area contributed by atoms with Crippen molar-refractivity contribution in [2.75, 3.05) is 19.6 Å². The molecule has 0 saturated heterocycles. The van der Waals surface area contributed by atoms with Gasteiger partial charge in [-0.05, 0) is 41.0 Å². The molecule has 3 N–H and O–H groups in total. The van der Waals surface area contributed by atoms with Gasteiger partial charge in [-0.15, -0.1) is 0 Å². The summed E-state index contributed by atoms with van der Waals surface area (Å²) in [6.45, 7) is 11.8. The first kappa shape index (κ1) is 23.3. The van der Waals surface area contributed by atoms with Crippen LogP contribution in [0.15, 0.2) is 39.9 Å². The molecule has 0 radical (unpaired) electrons. The number of nitrogens with zero attached hydrogens (tertiary/aromatic N) is 2. The third-order valence-electron chi connectivity index (χ3n) is 3.92. The highest BCUT2D eigenvalue weighted by Crippen LogP contribution is 2.20. The highest BCUT2D eigenvalue weighted by Gasteiger charge is 2.15. The molecule has 0 unspecified atom stereocenters. The first-order chi connectivity index (χ1) is 14.3. The van der Waals surface area contributed by atoms with E-state index in [-0.39, 0.29) is 0 Å². The third kappa shape index (κ3) is 8.55. The molecule has 0 aliphatic carbocycles. The second-order valence-electron chi connectivity index (χ2n) is 7.89. The van der Waals surface area contributed by atoms with Gasteiger partial charge in [-0.1, -0.05) is 29.8 Å². The summed E-state index contributed by atoms with van der Waals surface area (Å²) in [6, 6.07) is 8.11. The van der Waals surface area contributed by atoms with Crippen molar-refractivity contribution in [1.29, 1.82) is 0 Å². The molecule has 0 spiro atoms.